The average molecular weight is 253 g/mol. The van der Waals surface area contributed by atoms with Crippen molar-refractivity contribution >= 4 is 22.4 Å². The van der Waals surface area contributed by atoms with Crippen LogP contribution >= 0.6 is 11.5 Å². The number of hydrogen-bond donors (Lipinski definition) is 0. The van der Waals surface area contributed by atoms with Crippen LogP contribution in [0, 0.1) is 5.92 Å². The first-order valence-electron chi connectivity index (χ1n) is 6.17. The first-order chi connectivity index (χ1) is 8.08. The lowest BCUT2D eigenvalue weighted by Gasteiger charge is -2.30. The Balaban J connectivity index is 2.08. The van der Waals surface area contributed by atoms with Gasteiger partial charge in [0, 0.05) is 36.5 Å². The van der Waals surface area contributed by atoms with E-state index in [9.17, 15) is 4.79 Å². The fraction of sp³-hybridized carbons (Fsp3) is 0.750. The first kappa shape index (κ1) is 12.5. The van der Waals surface area contributed by atoms with Crippen LogP contribution in [0.25, 0.3) is 0 Å². The molecule has 1 aromatic heterocycles. The van der Waals surface area contributed by atoms with Gasteiger partial charge in [-0.25, -0.2) is 4.98 Å². The molecule has 17 heavy (non-hydrogen) atoms. The van der Waals surface area contributed by atoms with Gasteiger partial charge >= 0.3 is 0 Å². The minimum atomic E-state index is 0.176. The molecule has 1 aromatic rings. The molecule has 1 unspecified atom stereocenters. The second-order valence-corrected chi connectivity index (χ2v) is 5.72. The molecule has 0 N–H and O–H groups in total. The molecular formula is C12H19N3OS. The maximum atomic E-state index is 11.4. The molecule has 1 aliphatic rings. The van der Waals surface area contributed by atoms with Crippen molar-refractivity contribution in [1.82, 2.24) is 9.36 Å². The number of carbonyl (C=O) groups excluding carboxylic acids is 1. The lowest BCUT2D eigenvalue weighted by molar-refractivity contribution is -0.120. The van der Waals surface area contributed by atoms with E-state index < -0.39 is 0 Å². The summed E-state index contributed by atoms with van der Waals surface area (Å²) in [6, 6.07) is 0. The molecule has 1 aliphatic heterocycles. The van der Waals surface area contributed by atoms with Crippen molar-refractivity contribution in [2.75, 3.05) is 18.0 Å². The van der Waals surface area contributed by atoms with Gasteiger partial charge in [0.2, 0.25) is 5.13 Å². The van der Waals surface area contributed by atoms with Gasteiger partial charge in [0.25, 0.3) is 0 Å². The summed E-state index contributed by atoms with van der Waals surface area (Å²) in [6.45, 7) is 7.69. The van der Waals surface area contributed by atoms with Crippen LogP contribution < -0.4 is 4.90 Å². The Labute approximate surface area is 106 Å². The van der Waals surface area contributed by atoms with Gasteiger partial charge in [0.1, 0.15) is 11.6 Å². The third kappa shape index (κ3) is 2.83. The Hall–Kier alpha value is -0.970. The zero-order valence-electron chi connectivity index (χ0n) is 10.6. The molecule has 0 aromatic carbocycles. The van der Waals surface area contributed by atoms with E-state index in [0.717, 1.165) is 36.9 Å². The smallest absolute Gasteiger partial charge is 0.205 e. The molecule has 4 nitrogen and oxygen atoms in total. The fourth-order valence-corrected chi connectivity index (χ4v) is 2.91. The summed E-state index contributed by atoms with van der Waals surface area (Å²) in [5, 5.41) is 0.972. The Morgan fingerprint density at radius 1 is 1.53 bits per heavy atom. The van der Waals surface area contributed by atoms with Crippen molar-refractivity contribution in [3.05, 3.63) is 5.82 Å². The van der Waals surface area contributed by atoms with E-state index in [1.54, 1.807) is 6.92 Å². The average Bonchev–Trinajstić information content (AvgIpc) is 2.78. The zero-order chi connectivity index (χ0) is 12.4. The summed E-state index contributed by atoms with van der Waals surface area (Å²) in [7, 11) is 0. The number of piperidine rings is 1. The van der Waals surface area contributed by atoms with E-state index in [1.807, 2.05) is 0 Å². The number of anilines is 1. The molecule has 1 fully saturated rings. The molecule has 0 aliphatic carbocycles. The fourth-order valence-electron chi connectivity index (χ4n) is 2.07. The quantitative estimate of drug-likeness (QED) is 0.830. The predicted octanol–water partition coefficient (Wildman–Crippen LogP) is 2.47. The standard InChI is InChI=1S/C12H19N3OS/c1-8(2)11-13-12(17-14-11)15-6-4-5-10(7-15)9(3)16/h8,10H,4-7H2,1-3H3. The predicted molar refractivity (Wildman–Crippen MR) is 69.6 cm³/mol. The second-order valence-electron chi connectivity index (χ2n) is 4.99. The van der Waals surface area contributed by atoms with E-state index in [2.05, 4.69) is 28.1 Å². The van der Waals surface area contributed by atoms with Crippen LogP contribution in [0.4, 0.5) is 5.13 Å². The number of ketones is 1. The van der Waals surface area contributed by atoms with Crippen molar-refractivity contribution in [1.29, 1.82) is 0 Å². The summed E-state index contributed by atoms with van der Waals surface area (Å²) in [5.41, 5.74) is 0. The molecule has 2 rings (SSSR count). The van der Waals surface area contributed by atoms with Crippen molar-refractivity contribution in [3.8, 4) is 0 Å². The molecule has 0 spiro atoms. The monoisotopic (exact) mass is 253 g/mol. The number of aromatic nitrogens is 2. The van der Waals surface area contributed by atoms with Crippen LogP contribution in [0.2, 0.25) is 0 Å². The summed E-state index contributed by atoms with van der Waals surface area (Å²) in [4.78, 5) is 18.2. The van der Waals surface area contributed by atoms with Gasteiger partial charge in [-0.15, -0.1) is 0 Å². The van der Waals surface area contributed by atoms with E-state index >= 15 is 0 Å². The van der Waals surface area contributed by atoms with Crippen LogP contribution in [-0.4, -0.2) is 28.2 Å². The molecular weight excluding hydrogens is 234 g/mol. The minimum absolute atomic E-state index is 0.176. The number of rotatable bonds is 3. The number of Topliss-reactive ketones (excluding diaryl/α,β-unsaturated/α-hetero) is 1. The maximum Gasteiger partial charge on any atom is 0.205 e. The van der Waals surface area contributed by atoms with Crippen LogP contribution in [0.3, 0.4) is 0 Å². The van der Waals surface area contributed by atoms with Crippen LogP contribution in [0.15, 0.2) is 0 Å². The molecule has 0 bridgehead atoms. The summed E-state index contributed by atoms with van der Waals surface area (Å²) in [5.74, 6) is 1.75. The highest BCUT2D eigenvalue weighted by atomic mass is 32.1. The third-order valence-electron chi connectivity index (χ3n) is 3.21. The topological polar surface area (TPSA) is 46.1 Å². The van der Waals surface area contributed by atoms with Crippen molar-refractivity contribution in [2.24, 2.45) is 5.92 Å². The van der Waals surface area contributed by atoms with E-state index in [0.29, 0.717) is 11.7 Å². The van der Waals surface area contributed by atoms with Gasteiger partial charge in [-0.3, -0.25) is 4.79 Å². The summed E-state index contributed by atoms with van der Waals surface area (Å²) in [6.07, 6.45) is 2.09. The Kier molecular flexibility index (Phi) is 3.76. The van der Waals surface area contributed by atoms with Crippen molar-refractivity contribution < 1.29 is 4.79 Å². The Morgan fingerprint density at radius 3 is 2.88 bits per heavy atom. The Bertz CT molecular complexity index is 402. The second kappa shape index (κ2) is 5.12. The first-order valence-corrected chi connectivity index (χ1v) is 6.94. The Morgan fingerprint density at radius 2 is 2.29 bits per heavy atom. The van der Waals surface area contributed by atoms with Crippen LogP contribution in [0.1, 0.15) is 45.4 Å². The van der Waals surface area contributed by atoms with Crippen molar-refractivity contribution in [3.63, 3.8) is 0 Å². The SMILES string of the molecule is CC(=O)C1CCCN(c2nc(C(C)C)ns2)C1. The number of nitrogens with zero attached hydrogens (tertiary/aromatic N) is 3. The van der Waals surface area contributed by atoms with Gasteiger partial charge in [0.05, 0.1) is 0 Å². The lowest BCUT2D eigenvalue weighted by Crippen LogP contribution is -2.38. The highest BCUT2D eigenvalue weighted by Crippen LogP contribution is 2.26. The normalized spacial score (nSPS) is 20.9. The molecule has 0 saturated carbocycles. The van der Waals surface area contributed by atoms with E-state index in [4.69, 9.17) is 0 Å². The lowest BCUT2D eigenvalue weighted by atomic mass is 9.95. The van der Waals surface area contributed by atoms with E-state index in [-0.39, 0.29) is 5.92 Å². The van der Waals surface area contributed by atoms with Gasteiger partial charge in [0.15, 0.2) is 0 Å². The highest BCUT2D eigenvalue weighted by Gasteiger charge is 2.25. The van der Waals surface area contributed by atoms with Gasteiger partial charge in [-0.05, 0) is 19.8 Å². The minimum Gasteiger partial charge on any atom is -0.346 e. The van der Waals surface area contributed by atoms with Crippen LogP contribution in [-0.2, 0) is 4.79 Å². The van der Waals surface area contributed by atoms with Crippen molar-refractivity contribution in [2.45, 2.75) is 39.5 Å². The van der Waals surface area contributed by atoms with Gasteiger partial charge < -0.3 is 4.90 Å². The molecule has 0 radical (unpaired) electrons. The number of carbonyl (C=O) groups is 1. The highest BCUT2D eigenvalue weighted by molar-refractivity contribution is 7.09. The van der Waals surface area contributed by atoms with E-state index in [1.165, 1.54) is 11.5 Å². The van der Waals surface area contributed by atoms with Gasteiger partial charge in [-0.2, -0.15) is 4.37 Å². The molecule has 1 saturated heterocycles. The number of hydrogen-bond acceptors (Lipinski definition) is 5. The van der Waals surface area contributed by atoms with Crippen LogP contribution in [0.5, 0.6) is 0 Å². The summed E-state index contributed by atoms with van der Waals surface area (Å²) >= 11 is 1.45. The van der Waals surface area contributed by atoms with Gasteiger partial charge in [-0.1, -0.05) is 13.8 Å². The molecule has 2 heterocycles. The molecule has 0 amide bonds. The maximum absolute atomic E-state index is 11.4. The molecule has 5 heteroatoms. The zero-order valence-corrected chi connectivity index (χ0v) is 11.5. The largest absolute Gasteiger partial charge is 0.346 e. The molecule has 1 atom stereocenters. The molecule has 94 valence electrons. The summed E-state index contributed by atoms with van der Waals surface area (Å²) < 4.78 is 4.36. The third-order valence-corrected chi connectivity index (χ3v) is 4.01.